The fourth-order valence-corrected chi connectivity index (χ4v) is 3.88. The van der Waals surface area contributed by atoms with E-state index in [9.17, 15) is 14.8 Å². The summed E-state index contributed by atoms with van der Waals surface area (Å²) in [4.78, 5) is 23.9. The molecule has 0 spiro atoms. The zero-order chi connectivity index (χ0) is 25.4. The molecule has 35 heavy (non-hydrogen) atoms. The number of hydrogen-bond donors (Lipinski definition) is 3. The standard InChI is InChI=1S/C25H33N3O7/c1-5-23(28(31)14-13-16-7-10-20(32-3)21(15-16)33-4)35-19-11-9-18(26-25(30)34-6-2)24-17(19)8-12-22(29)27-24/h7,9-11,15,23,31H,5-6,8,12-14H2,1-4H3,(H,26,30)(H,27,29). The highest BCUT2D eigenvalue weighted by atomic mass is 16.6. The van der Waals surface area contributed by atoms with Gasteiger partial charge in [-0.25, -0.2) is 4.79 Å². The molecule has 0 radical (unpaired) electrons. The minimum absolute atomic E-state index is 0.146. The van der Waals surface area contributed by atoms with Crippen molar-refractivity contribution in [1.29, 1.82) is 0 Å². The quantitative estimate of drug-likeness (QED) is 0.319. The van der Waals surface area contributed by atoms with Gasteiger partial charge in [-0.1, -0.05) is 13.0 Å². The number of methoxy groups -OCH3 is 2. The lowest BCUT2D eigenvalue weighted by Gasteiger charge is -2.29. The van der Waals surface area contributed by atoms with Crippen molar-refractivity contribution in [3.8, 4) is 17.2 Å². The summed E-state index contributed by atoms with van der Waals surface area (Å²) in [6.07, 6.45) is 0.611. The van der Waals surface area contributed by atoms with Crippen molar-refractivity contribution >= 4 is 23.4 Å². The maximum atomic E-state index is 12.0. The number of nitrogens with zero attached hydrogens (tertiary/aromatic N) is 1. The smallest absolute Gasteiger partial charge is 0.411 e. The van der Waals surface area contributed by atoms with E-state index in [4.69, 9.17) is 18.9 Å². The van der Waals surface area contributed by atoms with Gasteiger partial charge in [0.1, 0.15) is 5.75 Å². The van der Waals surface area contributed by atoms with Crippen molar-refractivity contribution < 1.29 is 33.7 Å². The lowest BCUT2D eigenvalue weighted by atomic mass is 10.0. The van der Waals surface area contributed by atoms with Crippen LogP contribution in [0.2, 0.25) is 0 Å². The van der Waals surface area contributed by atoms with Crippen LogP contribution in [0.5, 0.6) is 17.2 Å². The summed E-state index contributed by atoms with van der Waals surface area (Å²) in [7, 11) is 3.16. The number of nitrogens with one attached hydrogen (secondary N) is 2. The molecule has 0 aromatic heterocycles. The SMILES string of the molecule is CCOC(=O)Nc1ccc(OC(CC)N(O)CCc2ccc(OC)c(OC)c2)c2c1NC(=O)CC2. The Morgan fingerprint density at radius 3 is 2.54 bits per heavy atom. The lowest BCUT2D eigenvalue weighted by Crippen LogP contribution is -2.38. The first-order chi connectivity index (χ1) is 16.9. The van der Waals surface area contributed by atoms with E-state index in [1.54, 1.807) is 33.3 Å². The highest BCUT2D eigenvalue weighted by molar-refractivity contribution is 6.01. The van der Waals surface area contributed by atoms with Gasteiger partial charge < -0.3 is 29.5 Å². The van der Waals surface area contributed by atoms with Crippen molar-refractivity contribution in [2.75, 3.05) is 38.0 Å². The minimum atomic E-state index is -0.610. The molecule has 2 aromatic carbocycles. The van der Waals surface area contributed by atoms with E-state index in [1.807, 2.05) is 25.1 Å². The third kappa shape index (κ3) is 6.55. The normalized spacial score (nSPS) is 13.5. The Bertz CT molecular complexity index is 1040. The van der Waals surface area contributed by atoms with Gasteiger partial charge in [-0.2, -0.15) is 5.06 Å². The van der Waals surface area contributed by atoms with Crippen molar-refractivity contribution in [1.82, 2.24) is 5.06 Å². The van der Waals surface area contributed by atoms with Gasteiger partial charge in [0, 0.05) is 18.5 Å². The number of amides is 2. The van der Waals surface area contributed by atoms with Gasteiger partial charge in [0.2, 0.25) is 5.91 Å². The zero-order valence-electron chi connectivity index (χ0n) is 20.6. The molecule has 1 aliphatic heterocycles. The molecule has 0 fully saturated rings. The fraction of sp³-hybridized carbons (Fsp3) is 0.440. The molecule has 1 unspecified atom stereocenters. The average molecular weight is 488 g/mol. The molecular weight excluding hydrogens is 454 g/mol. The number of hydroxylamine groups is 2. The van der Waals surface area contributed by atoms with Gasteiger partial charge in [-0.05, 0) is 56.0 Å². The highest BCUT2D eigenvalue weighted by Gasteiger charge is 2.25. The second-order valence-electron chi connectivity index (χ2n) is 7.94. The van der Waals surface area contributed by atoms with E-state index < -0.39 is 12.3 Å². The van der Waals surface area contributed by atoms with Crippen LogP contribution < -0.4 is 24.8 Å². The van der Waals surface area contributed by atoms with E-state index >= 15 is 0 Å². The summed E-state index contributed by atoms with van der Waals surface area (Å²) >= 11 is 0. The molecule has 0 aliphatic carbocycles. The van der Waals surface area contributed by atoms with Crippen LogP contribution in [0.15, 0.2) is 30.3 Å². The summed E-state index contributed by atoms with van der Waals surface area (Å²) in [5.41, 5.74) is 2.65. The van der Waals surface area contributed by atoms with Crippen LogP contribution in [-0.2, 0) is 22.4 Å². The maximum absolute atomic E-state index is 12.0. The Morgan fingerprint density at radius 2 is 1.86 bits per heavy atom. The van der Waals surface area contributed by atoms with Crippen molar-refractivity contribution in [3.05, 3.63) is 41.5 Å². The summed E-state index contributed by atoms with van der Waals surface area (Å²) in [5, 5.41) is 17.4. The van der Waals surface area contributed by atoms with Crippen molar-refractivity contribution in [3.63, 3.8) is 0 Å². The van der Waals surface area contributed by atoms with Gasteiger partial charge in [0.15, 0.2) is 17.7 Å². The molecule has 0 saturated carbocycles. The summed E-state index contributed by atoms with van der Waals surface area (Å²) in [6, 6.07) is 9.00. The van der Waals surface area contributed by atoms with E-state index in [0.717, 1.165) is 16.2 Å². The molecule has 1 heterocycles. The summed E-state index contributed by atoms with van der Waals surface area (Å²) < 4.78 is 21.7. The number of ether oxygens (including phenoxy) is 4. The number of fused-ring (bicyclic) bond motifs is 1. The Balaban J connectivity index is 1.73. The second-order valence-corrected chi connectivity index (χ2v) is 7.94. The van der Waals surface area contributed by atoms with E-state index in [2.05, 4.69) is 10.6 Å². The summed E-state index contributed by atoms with van der Waals surface area (Å²) in [6.45, 7) is 4.18. The van der Waals surface area contributed by atoms with Crippen LogP contribution in [0.1, 0.15) is 37.8 Å². The van der Waals surface area contributed by atoms with Gasteiger partial charge in [0.25, 0.3) is 0 Å². The molecule has 1 atom stereocenters. The highest BCUT2D eigenvalue weighted by Crippen LogP contribution is 2.38. The zero-order valence-corrected chi connectivity index (χ0v) is 20.6. The number of carbonyl (C=O) groups excluding carboxylic acids is 2. The molecule has 2 aromatic rings. The monoisotopic (exact) mass is 487 g/mol. The van der Waals surface area contributed by atoms with Crippen LogP contribution in [0.3, 0.4) is 0 Å². The number of hydrogen-bond acceptors (Lipinski definition) is 8. The van der Waals surface area contributed by atoms with Gasteiger partial charge in [0.05, 0.1) is 32.2 Å². The van der Waals surface area contributed by atoms with Gasteiger partial charge in [-0.15, -0.1) is 0 Å². The molecule has 3 N–H and O–H groups in total. The Kier molecular flexibility index (Phi) is 9.16. The first-order valence-electron chi connectivity index (χ1n) is 11.6. The topological polar surface area (TPSA) is 119 Å². The van der Waals surface area contributed by atoms with Crippen molar-refractivity contribution in [2.24, 2.45) is 0 Å². The van der Waals surface area contributed by atoms with E-state index in [0.29, 0.717) is 60.9 Å². The molecular formula is C25H33N3O7. The van der Waals surface area contributed by atoms with Gasteiger partial charge >= 0.3 is 6.09 Å². The lowest BCUT2D eigenvalue weighted by molar-refractivity contribution is -0.185. The molecule has 190 valence electrons. The number of rotatable bonds is 11. The molecule has 0 bridgehead atoms. The first-order valence-corrected chi connectivity index (χ1v) is 11.6. The molecule has 3 rings (SSSR count). The third-order valence-corrected chi connectivity index (χ3v) is 5.67. The van der Waals surface area contributed by atoms with Crippen LogP contribution in [0, 0.1) is 0 Å². The largest absolute Gasteiger partial charge is 0.493 e. The Labute approximate surface area is 205 Å². The predicted molar refractivity (Wildman–Crippen MR) is 130 cm³/mol. The maximum Gasteiger partial charge on any atom is 0.411 e. The van der Waals surface area contributed by atoms with Crippen LogP contribution in [0.4, 0.5) is 16.2 Å². The molecule has 10 nitrogen and oxygen atoms in total. The molecule has 10 heteroatoms. The van der Waals surface area contributed by atoms with Crippen LogP contribution in [0.25, 0.3) is 0 Å². The molecule has 1 aliphatic rings. The minimum Gasteiger partial charge on any atom is -0.493 e. The van der Waals surface area contributed by atoms with Gasteiger partial charge in [-0.3, -0.25) is 10.1 Å². The Morgan fingerprint density at radius 1 is 1.11 bits per heavy atom. The van der Waals surface area contributed by atoms with E-state index in [1.165, 1.54) is 0 Å². The van der Waals surface area contributed by atoms with Crippen LogP contribution >= 0.6 is 0 Å². The van der Waals surface area contributed by atoms with E-state index in [-0.39, 0.29) is 12.5 Å². The second kappa shape index (κ2) is 12.3. The van der Waals surface area contributed by atoms with Crippen LogP contribution in [-0.4, -0.2) is 55.9 Å². The number of benzene rings is 2. The molecule has 2 amide bonds. The number of anilines is 2. The third-order valence-electron chi connectivity index (χ3n) is 5.67. The average Bonchev–Trinajstić information content (AvgIpc) is 2.86. The predicted octanol–water partition coefficient (Wildman–Crippen LogP) is 4.21. The molecule has 0 saturated heterocycles. The van der Waals surface area contributed by atoms with Crippen molar-refractivity contribution in [2.45, 2.75) is 45.8 Å². The number of carbonyl (C=O) groups is 2. The fourth-order valence-electron chi connectivity index (χ4n) is 3.88. The Hall–Kier alpha value is -3.50. The summed E-state index contributed by atoms with van der Waals surface area (Å²) in [5.74, 6) is 1.66. The first kappa shape index (κ1) is 26.1.